The zero-order chi connectivity index (χ0) is 10.6. The Morgan fingerprint density at radius 2 is 1.86 bits per heavy atom. The Morgan fingerprint density at radius 3 is 2.36 bits per heavy atom. The van der Waals surface area contributed by atoms with Crippen molar-refractivity contribution in [2.45, 2.75) is 6.16 Å². The van der Waals surface area contributed by atoms with Gasteiger partial charge in [-0.2, -0.15) is 0 Å². The molecule has 0 amide bonds. The molecular formula is C7H6BrF2O3P. The molecule has 78 valence electrons. The average Bonchev–Trinajstić information content (AvgIpc) is 2.21. The fourth-order valence-corrected chi connectivity index (χ4v) is 2.35. The molecule has 0 aliphatic rings. The maximum atomic E-state index is 11.7. The van der Waals surface area contributed by atoms with E-state index in [2.05, 4.69) is 25.4 Å². The molecule has 0 aliphatic heterocycles. The smallest absolute Gasteiger partial charge is 0.254 e. The molecule has 0 aliphatic carbocycles. The summed E-state index contributed by atoms with van der Waals surface area (Å²) < 4.78 is 41.0. The van der Waals surface area contributed by atoms with Crippen LogP contribution in [0, 0.1) is 0 Å². The lowest BCUT2D eigenvalue weighted by molar-refractivity contribution is -0.0881. The van der Waals surface area contributed by atoms with Crippen LogP contribution in [0.4, 0.5) is 9.05 Å². The van der Waals surface area contributed by atoms with Gasteiger partial charge in [-0.25, -0.2) is 0 Å². The lowest BCUT2D eigenvalue weighted by Crippen LogP contribution is -1.90. The summed E-state index contributed by atoms with van der Waals surface area (Å²) in [6.45, 7) is 0. The molecule has 0 spiro atoms. The van der Waals surface area contributed by atoms with Gasteiger partial charge in [0, 0.05) is 4.47 Å². The van der Waals surface area contributed by atoms with E-state index in [9.17, 15) is 13.6 Å². The monoisotopic (exact) mass is 286 g/mol. The van der Waals surface area contributed by atoms with Crippen molar-refractivity contribution in [1.29, 1.82) is 0 Å². The highest BCUT2D eigenvalue weighted by atomic mass is 79.9. The van der Waals surface area contributed by atoms with Crippen molar-refractivity contribution in [3.8, 4) is 0 Å². The number of hydrogen-bond donors (Lipinski definition) is 0. The molecule has 0 atom stereocenters. The first-order valence-electron chi connectivity index (χ1n) is 3.54. The van der Waals surface area contributed by atoms with Crippen molar-refractivity contribution in [1.82, 2.24) is 0 Å². The van der Waals surface area contributed by atoms with E-state index in [4.69, 9.17) is 0 Å². The fourth-order valence-electron chi connectivity index (χ4n) is 0.895. The Hall–Kier alpha value is -0.290. The fraction of sp³-hybridized carbons (Fsp3) is 0.143. The minimum atomic E-state index is -4.29. The Bertz CT molecular complexity index is 353. The van der Waals surface area contributed by atoms with E-state index in [1.54, 1.807) is 24.3 Å². The van der Waals surface area contributed by atoms with Crippen molar-refractivity contribution < 1.29 is 23.1 Å². The van der Waals surface area contributed by atoms with Crippen LogP contribution in [-0.4, -0.2) is 0 Å². The third-order valence-electron chi connectivity index (χ3n) is 1.53. The summed E-state index contributed by atoms with van der Waals surface area (Å²) in [5, 5.41) is 0. The molecule has 7 heteroatoms. The summed E-state index contributed by atoms with van der Waals surface area (Å²) >= 11 is 3.13. The first-order valence-corrected chi connectivity index (χ1v) is 6.06. The highest BCUT2D eigenvalue weighted by Crippen LogP contribution is 2.52. The quantitative estimate of drug-likeness (QED) is 0.787. The molecule has 0 aromatic heterocycles. The summed E-state index contributed by atoms with van der Waals surface area (Å²) in [5.74, 6) is 0. The van der Waals surface area contributed by atoms with E-state index in [1.165, 1.54) is 0 Å². The van der Waals surface area contributed by atoms with Crippen molar-refractivity contribution in [3.05, 3.63) is 34.3 Å². The molecule has 0 fully saturated rings. The highest BCUT2D eigenvalue weighted by molar-refractivity contribution is 9.10. The van der Waals surface area contributed by atoms with E-state index in [1.807, 2.05) is 0 Å². The first-order chi connectivity index (χ1) is 6.61. The molecule has 0 saturated carbocycles. The Labute approximate surface area is 87.5 Å². The number of hydrogen-bond acceptors (Lipinski definition) is 3. The normalized spacial score (nSPS) is 11.6. The zero-order valence-corrected chi connectivity index (χ0v) is 9.30. The SMILES string of the molecule is O=P(Cc1ccccc1Br)(OF)OF. The van der Waals surface area contributed by atoms with Gasteiger partial charge in [-0.3, -0.25) is 4.57 Å². The van der Waals surface area contributed by atoms with E-state index in [0.29, 0.717) is 10.0 Å². The minimum absolute atomic E-state index is 0.436. The lowest BCUT2D eigenvalue weighted by atomic mass is 10.2. The van der Waals surface area contributed by atoms with Crippen LogP contribution in [0.1, 0.15) is 5.56 Å². The second-order valence-electron chi connectivity index (χ2n) is 2.50. The van der Waals surface area contributed by atoms with Crippen LogP contribution >= 0.6 is 23.5 Å². The Balaban J connectivity index is 2.88. The second-order valence-corrected chi connectivity index (χ2v) is 5.17. The van der Waals surface area contributed by atoms with Crippen LogP contribution in [0.5, 0.6) is 0 Å². The topological polar surface area (TPSA) is 35.5 Å². The van der Waals surface area contributed by atoms with Crippen LogP contribution in [0.3, 0.4) is 0 Å². The van der Waals surface area contributed by atoms with Gasteiger partial charge in [-0.05, 0) is 20.7 Å². The van der Waals surface area contributed by atoms with Gasteiger partial charge in [0.15, 0.2) is 0 Å². The largest absolute Gasteiger partial charge is 0.399 e. The van der Waals surface area contributed by atoms with Crippen molar-refractivity contribution in [2.75, 3.05) is 0 Å². The summed E-state index contributed by atoms with van der Waals surface area (Å²) in [6.07, 6.45) is -0.471. The van der Waals surface area contributed by atoms with E-state index in [-0.39, 0.29) is 0 Å². The molecular weight excluding hydrogens is 281 g/mol. The van der Waals surface area contributed by atoms with Crippen LogP contribution in [-0.2, 0) is 20.2 Å². The number of halogens is 3. The van der Waals surface area contributed by atoms with Crippen LogP contribution in [0.15, 0.2) is 28.7 Å². The van der Waals surface area contributed by atoms with Crippen molar-refractivity contribution in [2.24, 2.45) is 0 Å². The van der Waals surface area contributed by atoms with Gasteiger partial charge >= 0.3 is 7.60 Å². The summed E-state index contributed by atoms with van der Waals surface area (Å²) in [7, 11) is -4.29. The lowest BCUT2D eigenvalue weighted by Gasteiger charge is -2.07. The van der Waals surface area contributed by atoms with Gasteiger partial charge in [0.25, 0.3) is 0 Å². The van der Waals surface area contributed by atoms with Gasteiger partial charge in [-0.1, -0.05) is 34.1 Å². The molecule has 0 bridgehead atoms. The summed E-state index contributed by atoms with van der Waals surface area (Å²) in [4.78, 5) is 0. The molecule has 14 heavy (non-hydrogen) atoms. The molecule has 1 aromatic rings. The molecule has 0 N–H and O–H groups in total. The van der Waals surface area contributed by atoms with Crippen molar-refractivity contribution in [3.63, 3.8) is 0 Å². The highest BCUT2D eigenvalue weighted by Gasteiger charge is 2.28. The van der Waals surface area contributed by atoms with Gasteiger partial charge in [-0.15, -0.1) is 9.46 Å². The molecule has 0 radical (unpaired) electrons. The third kappa shape index (κ3) is 2.85. The van der Waals surface area contributed by atoms with Crippen molar-refractivity contribution >= 4 is 23.5 Å². The Morgan fingerprint density at radius 1 is 1.29 bits per heavy atom. The van der Waals surface area contributed by atoms with E-state index >= 15 is 0 Å². The average molecular weight is 287 g/mol. The van der Waals surface area contributed by atoms with Gasteiger partial charge < -0.3 is 0 Å². The predicted molar refractivity (Wildman–Crippen MR) is 49.8 cm³/mol. The molecule has 0 heterocycles. The standard InChI is InChI=1S/C7H6BrF2O3P/c8-7-4-2-1-3-6(7)5-14(11,12-9)13-10/h1-4H,5H2. The van der Waals surface area contributed by atoms with Gasteiger partial charge in [0.1, 0.15) is 0 Å². The minimum Gasteiger partial charge on any atom is -0.254 e. The van der Waals surface area contributed by atoms with Gasteiger partial charge in [0.2, 0.25) is 0 Å². The second kappa shape index (κ2) is 4.98. The Kier molecular flexibility index (Phi) is 4.19. The third-order valence-corrected chi connectivity index (χ3v) is 3.45. The van der Waals surface area contributed by atoms with E-state index in [0.717, 1.165) is 0 Å². The molecule has 1 rings (SSSR count). The maximum absolute atomic E-state index is 11.7. The zero-order valence-electron chi connectivity index (χ0n) is 6.82. The predicted octanol–water partition coefficient (Wildman–Crippen LogP) is 3.94. The first kappa shape index (κ1) is 11.8. The molecule has 0 unspecified atom stereocenters. The molecule has 0 saturated heterocycles. The number of rotatable bonds is 4. The van der Waals surface area contributed by atoms with Crippen LogP contribution in [0.25, 0.3) is 0 Å². The van der Waals surface area contributed by atoms with E-state index < -0.39 is 13.8 Å². The molecule has 1 aromatic carbocycles. The summed E-state index contributed by atoms with van der Waals surface area (Å²) in [6, 6.07) is 6.55. The maximum Gasteiger partial charge on any atom is 0.399 e. The molecule has 3 nitrogen and oxygen atoms in total. The number of benzene rings is 1. The van der Waals surface area contributed by atoms with Gasteiger partial charge in [0.05, 0.1) is 6.16 Å². The van der Waals surface area contributed by atoms with Crippen LogP contribution in [0.2, 0.25) is 0 Å². The summed E-state index contributed by atoms with van der Waals surface area (Å²) in [5.41, 5.74) is 0.436. The van der Waals surface area contributed by atoms with Crippen LogP contribution < -0.4 is 0 Å².